The Morgan fingerprint density at radius 2 is 1.95 bits per heavy atom. The molecule has 0 unspecified atom stereocenters. The van der Waals surface area contributed by atoms with E-state index in [4.69, 9.17) is 9.47 Å². The molecule has 1 heterocycles. The third kappa shape index (κ3) is 8.66. The molecule has 116 valence electrons. The molecule has 20 heavy (non-hydrogen) atoms. The Morgan fingerprint density at radius 1 is 1.10 bits per heavy atom. The van der Waals surface area contributed by atoms with Crippen LogP contribution in [0, 0.1) is 0 Å². The van der Waals surface area contributed by atoms with Crippen LogP contribution < -0.4 is 5.32 Å². The molecule has 5 heteroatoms. The summed E-state index contributed by atoms with van der Waals surface area (Å²) in [5.41, 5.74) is 0. The highest BCUT2D eigenvalue weighted by Crippen LogP contribution is 2.07. The minimum Gasteiger partial charge on any atom is -0.385 e. The first-order chi connectivity index (χ1) is 9.86. The first-order valence-corrected chi connectivity index (χ1v) is 8.18. The van der Waals surface area contributed by atoms with Gasteiger partial charge in [-0.1, -0.05) is 6.07 Å². The lowest BCUT2D eigenvalue weighted by molar-refractivity contribution is 0.133. The van der Waals surface area contributed by atoms with Gasteiger partial charge in [-0.2, -0.15) is 0 Å². The summed E-state index contributed by atoms with van der Waals surface area (Å²) in [6, 6.07) is 4.31. The van der Waals surface area contributed by atoms with Crippen LogP contribution in [0.25, 0.3) is 0 Å². The molecule has 4 nitrogen and oxygen atoms in total. The Kier molecular flexibility index (Phi) is 10.8. The molecule has 1 aromatic heterocycles. The summed E-state index contributed by atoms with van der Waals surface area (Å²) < 4.78 is 10.3. The van der Waals surface area contributed by atoms with Gasteiger partial charge in [-0.3, -0.25) is 4.90 Å². The number of thiophene rings is 1. The Bertz CT molecular complexity index is 307. The van der Waals surface area contributed by atoms with Crippen molar-refractivity contribution in [1.29, 1.82) is 0 Å². The molecular weight excluding hydrogens is 272 g/mol. The van der Waals surface area contributed by atoms with Gasteiger partial charge in [0.1, 0.15) is 0 Å². The zero-order valence-corrected chi connectivity index (χ0v) is 13.6. The van der Waals surface area contributed by atoms with Crippen LogP contribution in [0.2, 0.25) is 0 Å². The van der Waals surface area contributed by atoms with Crippen LogP contribution in [0.4, 0.5) is 0 Å². The first-order valence-electron chi connectivity index (χ1n) is 7.30. The van der Waals surface area contributed by atoms with Crippen LogP contribution in [0.5, 0.6) is 0 Å². The topological polar surface area (TPSA) is 33.7 Å². The maximum absolute atomic E-state index is 5.16. The highest BCUT2D eigenvalue weighted by Gasteiger charge is 2.04. The number of nitrogens with zero attached hydrogens (tertiary/aromatic N) is 1. The fourth-order valence-electron chi connectivity index (χ4n) is 2.02. The van der Waals surface area contributed by atoms with E-state index < -0.39 is 0 Å². The summed E-state index contributed by atoms with van der Waals surface area (Å²) in [6.07, 6.45) is 2.20. The van der Waals surface area contributed by atoms with Crippen LogP contribution in [0.1, 0.15) is 11.3 Å². The first kappa shape index (κ1) is 17.6. The largest absolute Gasteiger partial charge is 0.385 e. The molecule has 0 amide bonds. The van der Waals surface area contributed by atoms with E-state index in [0.29, 0.717) is 0 Å². The standard InChI is InChI=1S/C15H28N2O2S/c1-18-12-4-9-17(11-13-19-2)10-8-16-7-6-15-5-3-14-20-15/h3,5,14,16H,4,6-13H2,1-2H3. The molecule has 0 spiro atoms. The second-order valence-corrected chi connectivity index (χ2v) is 5.79. The van der Waals surface area contributed by atoms with Crippen molar-refractivity contribution in [3.8, 4) is 0 Å². The van der Waals surface area contributed by atoms with Crippen molar-refractivity contribution in [2.45, 2.75) is 12.8 Å². The summed E-state index contributed by atoms with van der Waals surface area (Å²) in [5, 5.41) is 5.65. The SMILES string of the molecule is COCCCN(CCNCCc1cccs1)CCOC. The van der Waals surface area contributed by atoms with Gasteiger partial charge in [0.2, 0.25) is 0 Å². The predicted molar refractivity (Wildman–Crippen MR) is 85.7 cm³/mol. The van der Waals surface area contributed by atoms with Crippen LogP contribution in [-0.2, 0) is 15.9 Å². The fourth-order valence-corrected chi connectivity index (χ4v) is 2.73. The van der Waals surface area contributed by atoms with Gasteiger partial charge in [0.25, 0.3) is 0 Å². The molecular formula is C15H28N2O2S. The highest BCUT2D eigenvalue weighted by molar-refractivity contribution is 7.09. The monoisotopic (exact) mass is 300 g/mol. The molecule has 0 saturated heterocycles. The molecule has 1 N–H and O–H groups in total. The number of hydrogen-bond acceptors (Lipinski definition) is 5. The van der Waals surface area contributed by atoms with Gasteiger partial charge >= 0.3 is 0 Å². The van der Waals surface area contributed by atoms with Crippen molar-refractivity contribution in [2.75, 3.05) is 60.2 Å². The van der Waals surface area contributed by atoms with Gasteiger partial charge in [0, 0.05) is 58.4 Å². The second kappa shape index (κ2) is 12.3. The van der Waals surface area contributed by atoms with Gasteiger partial charge in [-0.05, 0) is 24.3 Å². The summed E-state index contributed by atoms with van der Waals surface area (Å²) in [7, 11) is 3.51. The maximum Gasteiger partial charge on any atom is 0.0589 e. The van der Waals surface area contributed by atoms with Crippen LogP contribution in [-0.4, -0.2) is 65.1 Å². The third-order valence-electron chi connectivity index (χ3n) is 3.17. The van der Waals surface area contributed by atoms with E-state index in [1.165, 1.54) is 4.88 Å². The highest BCUT2D eigenvalue weighted by atomic mass is 32.1. The molecule has 0 radical (unpaired) electrons. The number of hydrogen-bond donors (Lipinski definition) is 1. The normalized spacial score (nSPS) is 11.3. The smallest absolute Gasteiger partial charge is 0.0589 e. The number of ether oxygens (including phenoxy) is 2. The Hall–Kier alpha value is -0.460. The van der Waals surface area contributed by atoms with E-state index >= 15 is 0 Å². The average Bonchev–Trinajstić information content (AvgIpc) is 2.97. The molecule has 0 atom stereocenters. The Balaban J connectivity index is 2.06. The minimum atomic E-state index is 0.794. The lowest BCUT2D eigenvalue weighted by Crippen LogP contribution is -2.36. The van der Waals surface area contributed by atoms with E-state index in [0.717, 1.165) is 58.8 Å². The molecule has 1 rings (SSSR count). The number of methoxy groups -OCH3 is 2. The molecule has 0 fully saturated rings. The molecule has 0 aromatic carbocycles. The van der Waals surface area contributed by atoms with E-state index in [1.807, 2.05) is 11.3 Å². The third-order valence-corrected chi connectivity index (χ3v) is 4.10. The summed E-state index contributed by atoms with van der Waals surface area (Å²) in [4.78, 5) is 3.88. The fraction of sp³-hybridized carbons (Fsp3) is 0.733. The second-order valence-electron chi connectivity index (χ2n) is 4.76. The van der Waals surface area contributed by atoms with Crippen LogP contribution in [0.15, 0.2) is 17.5 Å². The molecule has 0 saturated carbocycles. The Morgan fingerprint density at radius 3 is 2.65 bits per heavy atom. The number of rotatable bonds is 13. The predicted octanol–water partition coefficient (Wildman–Crippen LogP) is 1.87. The number of nitrogens with one attached hydrogen (secondary N) is 1. The zero-order valence-electron chi connectivity index (χ0n) is 12.8. The molecule has 1 aromatic rings. The van der Waals surface area contributed by atoms with Crippen LogP contribution in [0.3, 0.4) is 0 Å². The van der Waals surface area contributed by atoms with Crippen molar-refractivity contribution >= 4 is 11.3 Å². The van der Waals surface area contributed by atoms with Crippen molar-refractivity contribution in [3.63, 3.8) is 0 Å². The van der Waals surface area contributed by atoms with E-state index in [2.05, 4.69) is 27.7 Å². The van der Waals surface area contributed by atoms with Crippen LogP contribution >= 0.6 is 11.3 Å². The van der Waals surface area contributed by atoms with Crippen molar-refractivity contribution < 1.29 is 9.47 Å². The van der Waals surface area contributed by atoms with Crippen molar-refractivity contribution in [1.82, 2.24) is 10.2 Å². The van der Waals surface area contributed by atoms with Gasteiger partial charge in [0.15, 0.2) is 0 Å². The van der Waals surface area contributed by atoms with Gasteiger partial charge in [-0.25, -0.2) is 0 Å². The molecule has 0 bridgehead atoms. The lowest BCUT2D eigenvalue weighted by Gasteiger charge is -2.22. The molecule has 0 aliphatic heterocycles. The molecule has 0 aliphatic rings. The summed E-state index contributed by atoms with van der Waals surface area (Å²) in [5.74, 6) is 0. The van der Waals surface area contributed by atoms with Gasteiger partial charge in [-0.15, -0.1) is 11.3 Å². The van der Waals surface area contributed by atoms with E-state index in [1.54, 1.807) is 14.2 Å². The van der Waals surface area contributed by atoms with E-state index in [-0.39, 0.29) is 0 Å². The van der Waals surface area contributed by atoms with Crippen molar-refractivity contribution in [2.24, 2.45) is 0 Å². The van der Waals surface area contributed by atoms with E-state index in [9.17, 15) is 0 Å². The summed E-state index contributed by atoms with van der Waals surface area (Å²) in [6.45, 7) is 6.84. The van der Waals surface area contributed by atoms with Gasteiger partial charge in [0.05, 0.1) is 6.61 Å². The summed E-state index contributed by atoms with van der Waals surface area (Å²) >= 11 is 1.83. The minimum absolute atomic E-state index is 0.794. The average molecular weight is 300 g/mol. The lowest BCUT2D eigenvalue weighted by atomic mass is 10.3. The van der Waals surface area contributed by atoms with Crippen molar-refractivity contribution in [3.05, 3.63) is 22.4 Å². The molecule has 0 aliphatic carbocycles. The Labute approximate surface area is 127 Å². The maximum atomic E-state index is 5.16. The zero-order chi connectivity index (χ0) is 14.5. The van der Waals surface area contributed by atoms with Gasteiger partial charge < -0.3 is 14.8 Å². The quantitative estimate of drug-likeness (QED) is 0.564.